The molecule has 2 heterocycles. The summed E-state index contributed by atoms with van der Waals surface area (Å²) in [5, 5.41) is 2.99. The topological polar surface area (TPSA) is 89.9 Å². The Morgan fingerprint density at radius 1 is 1.06 bits per heavy atom. The number of hydrogen-bond acceptors (Lipinski definition) is 5. The van der Waals surface area contributed by atoms with Gasteiger partial charge in [-0.1, -0.05) is 0 Å². The van der Waals surface area contributed by atoms with E-state index in [1.54, 1.807) is 48.5 Å². The van der Waals surface area contributed by atoms with Gasteiger partial charge in [0, 0.05) is 38.4 Å². The van der Waals surface area contributed by atoms with Crippen molar-refractivity contribution < 1.29 is 19.1 Å². The number of aryl methyl sites for hydroxylation is 1. The van der Waals surface area contributed by atoms with Crippen molar-refractivity contribution in [1.29, 1.82) is 0 Å². The predicted molar refractivity (Wildman–Crippen MR) is 121 cm³/mol. The number of ether oxygens (including phenoxy) is 2. The van der Waals surface area contributed by atoms with E-state index < -0.39 is 0 Å². The zero-order valence-corrected chi connectivity index (χ0v) is 18.9. The number of carbonyl (C=O) groups excluding carboxylic acids is 2. The molecule has 32 heavy (non-hydrogen) atoms. The molecule has 0 spiro atoms. The third-order valence-corrected chi connectivity index (χ3v) is 5.61. The fourth-order valence-corrected chi connectivity index (χ4v) is 3.80. The molecule has 1 aromatic heterocycles. The van der Waals surface area contributed by atoms with Gasteiger partial charge in [0.15, 0.2) is 11.5 Å². The maximum Gasteiger partial charge on any atom is 0.263 e. The van der Waals surface area contributed by atoms with Gasteiger partial charge in [0.2, 0.25) is 0 Å². The molecule has 0 saturated carbocycles. The number of pyridine rings is 1. The van der Waals surface area contributed by atoms with E-state index in [2.05, 4.69) is 5.32 Å². The van der Waals surface area contributed by atoms with Crippen molar-refractivity contribution in [3.8, 4) is 11.5 Å². The van der Waals surface area contributed by atoms with Crippen LogP contribution in [0.1, 0.15) is 47.4 Å². The van der Waals surface area contributed by atoms with E-state index in [9.17, 15) is 14.4 Å². The average molecular weight is 442 g/mol. The van der Waals surface area contributed by atoms with Crippen LogP contribution < -0.4 is 20.3 Å². The number of likely N-dealkylation sites (tertiary alicyclic amines) is 1. The Hall–Kier alpha value is -3.29. The Balaban J connectivity index is 1.53. The van der Waals surface area contributed by atoms with Crippen LogP contribution in [-0.2, 0) is 7.05 Å². The molecule has 1 aromatic carbocycles. The Morgan fingerprint density at radius 3 is 2.44 bits per heavy atom. The van der Waals surface area contributed by atoms with E-state index in [4.69, 9.17) is 9.47 Å². The van der Waals surface area contributed by atoms with Gasteiger partial charge in [-0.3, -0.25) is 14.4 Å². The Morgan fingerprint density at radius 2 is 1.75 bits per heavy atom. The number of hydrogen-bond donors (Lipinski definition) is 1. The third kappa shape index (κ3) is 5.49. The highest BCUT2D eigenvalue weighted by Crippen LogP contribution is 2.28. The molecule has 0 atom stereocenters. The summed E-state index contributed by atoms with van der Waals surface area (Å²) in [7, 11) is 1.63. The molecule has 8 heteroatoms. The van der Waals surface area contributed by atoms with Gasteiger partial charge in [-0.15, -0.1) is 0 Å². The number of benzene rings is 1. The van der Waals surface area contributed by atoms with Crippen LogP contribution in [0.25, 0.3) is 0 Å². The van der Waals surface area contributed by atoms with Gasteiger partial charge < -0.3 is 24.3 Å². The van der Waals surface area contributed by atoms with Gasteiger partial charge >= 0.3 is 0 Å². The minimum absolute atomic E-state index is 0.166. The number of aromatic nitrogens is 1. The van der Waals surface area contributed by atoms with E-state index in [0.717, 1.165) is 12.8 Å². The molecule has 0 radical (unpaired) electrons. The summed E-state index contributed by atoms with van der Waals surface area (Å²) in [4.78, 5) is 39.3. The maximum absolute atomic E-state index is 12.7. The lowest BCUT2D eigenvalue weighted by molar-refractivity contribution is 0.0682. The smallest absolute Gasteiger partial charge is 0.263 e. The second-order valence-corrected chi connectivity index (χ2v) is 7.81. The van der Waals surface area contributed by atoms with Crippen molar-refractivity contribution in [2.75, 3.05) is 32.8 Å². The monoisotopic (exact) mass is 441 g/mol. The zero-order chi connectivity index (χ0) is 23.1. The second-order valence-electron chi connectivity index (χ2n) is 7.81. The highest BCUT2D eigenvalue weighted by molar-refractivity contribution is 5.95. The number of amides is 2. The molecule has 1 fully saturated rings. The molecule has 0 unspecified atom stereocenters. The summed E-state index contributed by atoms with van der Waals surface area (Å²) < 4.78 is 12.6. The van der Waals surface area contributed by atoms with E-state index in [1.807, 2.05) is 13.8 Å². The van der Waals surface area contributed by atoms with Crippen LogP contribution in [0.3, 0.4) is 0 Å². The van der Waals surface area contributed by atoms with Gasteiger partial charge in [-0.05, 0) is 62.9 Å². The third-order valence-electron chi connectivity index (χ3n) is 5.61. The Bertz CT molecular complexity index is 1010. The van der Waals surface area contributed by atoms with E-state index in [-0.39, 0.29) is 28.9 Å². The van der Waals surface area contributed by atoms with Crippen LogP contribution in [0.5, 0.6) is 11.5 Å². The standard InChI is InChI=1S/C24H31N3O5/c1-4-31-20-9-8-18(15-21(20)32-5-2)22(28)25-16-17-10-13-27(14-11-17)24(30)19-7-6-12-26(3)23(19)29/h6-9,12,15,17H,4-5,10-11,13-14,16H2,1-3H3,(H,25,28). The Labute approximate surface area is 188 Å². The lowest BCUT2D eigenvalue weighted by Gasteiger charge is -2.32. The van der Waals surface area contributed by atoms with Crippen LogP contribution >= 0.6 is 0 Å². The quantitative estimate of drug-likeness (QED) is 0.680. The fraction of sp³-hybridized carbons (Fsp3) is 0.458. The molecule has 1 N–H and O–H groups in total. The molecule has 8 nitrogen and oxygen atoms in total. The van der Waals surface area contributed by atoms with Crippen molar-refractivity contribution >= 4 is 11.8 Å². The minimum atomic E-state index is -0.284. The first kappa shape index (κ1) is 23.4. The summed E-state index contributed by atoms with van der Waals surface area (Å²) in [6.07, 6.45) is 3.18. The van der Waals surface area contributed by atoms with Crippen LogP contribution in [0, 0.1) is 5.92 Å². The predicted octanol–water partition coefficient (Wildman–Crippen LogP) is 2.46. The summed E-state index contributed by atoms with van der Waals surface area (Å²) >= 11 is 0. The first-order valence-electron chi connectivity index (χ1n) is 11.1. The van der Waals surface area contributed by atoms with Crippen molar-refractivity contribution in [2.45, 2.75) is 26.7 Å². The number of piperidine rings is 1. The van der Waals surface area contributed by atoms with Gasteiger partial charge in [0.1, 0.15) is 5.56 Å². The molecule has 2 amide bonds. The lowest BCUT2D eigenvalue weighted by atomic mass is 9.96. The van der Waals surface area contributed by atoms with Crippen LogP contribution in [0.4, 0.5) is 0 Å². The molecular weight excluding hydrogens is 410 g/mol. The molecule has 172 valence electrons. The number of nitrogens with zero attached hydrogens (tertiary/aromatic N) is 2. The van der Waals surface area contributed by atoms with Crippen molar-refractivity contribution in [3.05, 3.63) is 58.0 Å². The Kier molecular flexibility index (Phi) is 7.92. The van der Waals surface area contributed by atoms with E-state index in [0.29, 0.717) is 49.9 Å². The molecule has 1 saturated heterocycles. The molecule has 3 rings (SSSR count). The van der Waals surface area contributed by atoms with Gasteiger partial charge in [-0.25, -0.2) is 0 Å². The highest BCUT2D eigenvalue weighted by atomic mass is 16.5. The molecule has 1 aliphatic heterocycles. The molecular formula is C24H31N3O5. The largest absolute Gasteiger partial charge is 0.490 e. The highest BCUT2D eigenvalue weighted by Gasteiger charge is 2.25. The van der Waals surface area contributed by atoms with Crippen LogP contribution in [0.15, 0.2) is 41.3 Å². The summed E-state index contributed by atoms with van der Waals surface area (Å²) in [6, 6.07) is 8.45. The molecule has 0 aliphatic carbocycles. The fourth-order valence-electron chi connectivity index (χ4n) is 3.80. The molecule has 2 aromatic rings. The van der Waals surface area contributed by atoms with Crippen molar-refractivity contribution in [3.63, 3.8) is 0 Å². The van der Waals surface area contributed by atoms with Gasteiger partial charge in [0.25, 0.3) is 17.4 Å². The number of carbonyl (C=O) groups is 2. The van der Waals surface area contributed by atoms with E-state index >= 15 is 0 Å². The summed E-state index contributed by atoms with van der Waals surface area (Å²) in [5.74, 6) is 1.06. The minimum Gasteiger partial charge on any atom is -0.490 e. The summed E-state index contributed by atoms with van der Waals surface area (Å²) in [6.45, 7) is 6.45. The van der Waals surface area contributed by atoms with Crippen molar-refractivity contribution in [1.82, 2.24) is 14.8 Å². The first-order valence-corrected chi connectivity index (χ1v) is 11.1. The number of rotatable bonds is 8. The van der Waals surface area contributed by atoms with Gasteiger partial charge in [-0.2, -0.15) is 0 Å². The first-order chi connectivity index (χ1) is 15.4. The molecule has 0 bridgehead atoms. The van der Waals surface area contributed by atoms with E-state index in [1.165, 1.54) is 4.57 Å². The number of nitrogens with one attached hydrogen (secondary N) is 1. The van der Waals surface area contributed by atoms with Crippen molar-refractivity contribution in [2.24, 2.45) is 13.0 Å². The lowest BCUT2D eigenvalue weighted by Crippen LogP contribution is -2.43. The average Bonchev–Trinajstić information content (AvgIpc) is 2.80. The van der Waals surface area contributed by atoms with Crippen LogP contribution in [0.2, 0.25) is 0 Å². The van der Waals surface area contributed by atoms with Gasteiger partial charge in [0.05, 0.1) is 13.2 Å². The molecule has 1 aliphatic rings. The zero-order valence-electron chi connectivity index (χ0n) is 18.9. The second kappa shape index (κ2) is 10.8. The van der Waals surface area contributed by atoms with Crippen LogP contribution in [-0.4, -0.2) is 54.1 Å². The summed E-state index contributed by atoms with van der Waals surface area (Å²) in [5.41, 5.74) is 0.431. The maximum atomic E-state index is 12.7. The SMILES string of the molecule is CCOc1ccc(C(=O)NCC2CCN(C(=O)c3cccn(C)c3=O)CC2)cc1OCC. The normalized spacial score (nSPS) is 14.2.